The molecule has 2 aromatic rings. The normalized spacial score (nSPS) is 25.5. The lowest BCUT2D eigenvalue weighted by Crippen LogP contribution is -2.23. The predicted molar refractivity (Wildman–Crippen MR) is 132 cm³/mol. The van der Waals surface area contributed by atoms with E-state index >= 15 is 0 Å². The third-order valence-electron chi connectivity index (χ3n) is 8.43. The summed E-state index contributed by atoms with van der Waals surface area (Å²) in [7, 11) is 0. The highest BCUT2D eigenvalue weighted by atomic mass is 19.3. The van der Waals surface area contributed by atoms with Gasteiger partial charge in [0.25, 0.3) is 0 Å². The van der Waals surface area contributed by atoms with Crippen LogP contribution >= 0.6 is 0 Å². The van der Waals surface area contributed by atoms with Crippen molar-refractivity contribution >= 4 is 0 Å². The van der Waals surface area contributed by atoms with Crippen molar-refractivity contribution in [3.63, 3.8) is 0 Å². The predicted octanol–water partition coefficient (Wildman–Crippen LogP) is 9.25. The molecule has 1 nitrogen and oxygen atoms in total. The van der Waals surface area contributed by atoms with Gasteiger partial charge in [-0.3, -0.25) is 0 Å². The summed E-state index contributed by atoms with van der Waals surface area (Å²) in [5, 5.41) is 0. The van der Waals surface area contributed by atoms with Crippen LogP contribution < -0.4 is 0 Å². The van der Waals surface area contributed by atoms with Gasteiger partial charge in [-0.15, -0.1) is 0 Å². The van der Waals surface area contributed by atoms with E-state index in [1.807, 2.05) is 12.1 Å². The Morgan fingerprint density at radius 2 is 1.43 bits per heavy atom. The zero-order valence-electron chi connectivity index (χ0n) is 21.0. The Kier molecular flexibility index (Phi) is 8.57. The van der Waals surface area contributed by atoms with Gasteiger partial charge in [-0.25, -0.2) is 8.78 Å². The summed E-state index contributed by atoms with van der Waals surface area (Å²) in [4.78, 5) is 0. The molecule has 4 rings (SSSR count). The van der Waals surface area contributed by atoms with Crippen molar-refractivity contribution in [3.8, 4) is 0 Å². The first-order valence-corrected chi connectivity index (χ1v) is 13.4. The first kappa shape index (κ1) is 26.2. The number of rotatable bonds is 8. The molecule has 0 amide bonds. The second-order valence-corrected chi connectivity index (χ2v) is 10.8. The molecule has 2 saturated carbocycles. The molecule has 0 unspecified atom stereocenters. The molecule has 5 heteroatoms. The first-order valence-electron chi connectivity index (χ1n) is 13.4. The molecule has 2 fully saturated rings. The lowest BCUT2D eigenvalue weighted by Gasteiger charge is -2.29. The highest BCUT2D eigenvalue weighted by Crippen LogP contribution is 2.41. The maximum absolute atomic E-state index is 14.8. The van der Waals surface area contributed by atoms with Crippen molar-refractivity contribution in [2.75, 3.05) is 6.61 Å². The van der Waals surface area contributed by atoms with Crippen LogP contribution in [0, 0.1) is 23.5 Å². The van der Waals surface area contributed by atoms with Gasteiger partial charge in [-0.2, -0.15) is 8.78 Å². The maximum Gasteiger partial charge on any atom is 0.386 e. The molecule has 0 aliphatic heterocycles. The van der Waals surface area contributed by atoms with Gasteiger partial charge >= 0.3 is 6.11 Å². The van der Waals surface area contributed by atoms with E-state index < -0.39 is 23.3 Å². The number of hydrogen-bond acceptors (Lipinski definition) is 1. The summed E-state index contributed by atoms with van der Waals surface area (Å²) >= 11 is 0. The van der Waals surface area contributed by atoms with Crippen LogP contribution in [0.15, 0.2) is 36.4 Å². The van der Waals surface area contributed by atoms with Crippen molar-refractivity contribution in [1.82, 2.24) is 0 Å². The Bertz CT molecular complexity index is 955. The Morgan fingerprint density at radius 1 is 0.800 bits per heavy atom. The number of alkyl halides is 2. The molecule has 0 bridgehead atoms. The fourth-order valence-electron chi connectivity index (χ4n) is 5.91. The van der Waals surface area contributed by atoms with Crippen LogP contribution in [-0.2, 0) is 17.3 Å². The molecule has 0 radical (unpaired) electrons. The molecule has 0 aromatic heterocycles. The number of ether oxygens (including phenoxy) is 1. The summed E-state index contributed by atoms with van der Waals surface area (Å²) in [5.74, 6) is -0.781. The molecule has 0 saturated heterocycles. The second kappa shape index (κ2) is 11.5. The standard InChI is InChI=1S/C30H38F4O/c1-3-21-6-14-25(15-7-21)26-16-17-27(29(32)28(26)31)30(33,34)35-19-18-22-8-12-24(13-9-22)23-10-4-20(2)5-11-23/h8-9,12-13,16-17,20-21,23,25H,3-7,10-11,14-15,18-19H2,1-2H3/t20-,21-,23-,25-. The molecule has 35 heavy (non-hydrogen) atoms. The van der Waals surface area contributed by atoms with Crippen LogP contribution in [0.25, 0.3) is 0 Å². The molecule has 0 spiro atoms. The zero-order valence-corrected chi connectivity index (χ0v) is 21.0. The average Bonchev–Trinajstić information content (AvgIpc) is 2.86. The van der Waals surface area contributed by atoms with Crippen LogP contribution in [-0.4, -0.2) is 6.61 Å². The molecule has 0 N–H and O–H groups in total. The first-order chi connectivity index (χ1) is 16.8. The van der Waals surface area contributed by atoms with Crippen LogP contribution in [0.4, 0.5) is 17.6 Å². The van der Waals surface area contributed by atoms with Gasteiger partial charge in [0.2, 0.25) is 0 Å². The second-order valence-electron chi connectivity index (χ2n) is 10.8. The number of hydrogen-bond donors (Lipinski definition) is 0. The third kappa shape index (κ3) is 6.28. The van der Waals surface area contributed by atoms with Gasteiger partial charge in [0.1, 0.15) is 0 Å². The van der Waals surface area contributed by atoms with E-state index in [1.54, 1.807) is 0 Å². The lowest BCUT2D eigenvalue weighted by atomic mass is 9.77. The molecular weight excluding hydrogens is 452 g/mol. The molecule has 2 aliphatic carbocycles. The average molecular weight is 491 g/mol. The Balaban J connectivity index is 1.33. The van der Waals surface area contributed by atoms with Crippen LogP contribution in [0.3, 0.4) is 0 Å². The molecule has 192 valence electrons. The quantitative estimate of drug-likeness (QED) is 0.335. The van der Waals surface area contributed by atoms with E-state index in [4.69, 9.17) is 4.74 Å². The largest absolute Gasteiger partial charge is 0.386 e. The van der Waals surface area contributed by atoms with E-state index in [-0.39, 0.29) is 24.5 Å². The summed E-state index contributed by atoms with van der Waals surface area (Å²) in [6.45, 7) is 4.15. The van der Waals surface area contributed by atoms with Gasteiger partial charge in [0.15, 0.2) is 11.6 Å². The summed E-state index contributed by atoms with van der Waals surface area (Å²) in [6, 6.07) is 10.4. The molecule has 0 atom stereocenters. The van der Waals surface area contributed by atoms with Crippen molar-refractivity contribution in [2.45, 2.75) is 96.0 Å². The van der Waals surface area contributed by atoms with E-state index in [1.165, 1.54) is 37.3 Å². The SMILES string of the molecule is CC[C@H]1CC[C@H](c2ccc(C(F)(F)OCCc3ccc([C@H]4CC[C@H](C)CC4)cc3)c(F)c2F)CC1. The summed E-state index contributed by atoms with van der Waals surface area (Å²) < 4.78 is 63.7. The highest BCUT2D eigenvalue weighted by molar-refractivity contribution is 5.31. The minimum Gasteiger partial charge on any atom is -0.316 e. The molecule has 2 aliphatic rings. The van der Waals surface area contributed by atoms with E-state index in [2.05, 4.69) is 26.0 Å². The van der Waals surface area contributed by atoms with Crippen molar-refractivity contribution in [2.24, 2.45) is 11.8 Å². The fraction of sp³-hybridized carbons (Fsp3) is 0.600. The molecule has 2 aromatic carbocycles. The maximum atomic E-state index is 14.8. The lowest BCUT2D eigenvalue weighted by molar-refractivity contribution is -0.249. The topological polar surface area (TPSA) is 9.23 Å². The van der Waals surface area contributed by atoms with Gasteiger partial charge < -0.3 is 4.74 Å². The van der Waals surface area contributed by atoms with Gasteiger partial charge in [0.05, 0.1) is 12.2 Å². The minimum absolute atomic E-state index is 0.115. The van der Waals surface area contributed by atoms with Crippen LogP contribution in [0.1, 0.15) is 106 Å². The third-order valence-corrected chi connectivity index (χ3v) is 8.43. The summed E-state index contributed by atoms with van der Waals surface area (Å²) in [5.41, 5.74) is 1.37. The molecule has 0 heterocycles. The monoisotopic (exact) mass is 490 g/mol. The highest BCUT2D eigenvalue weighted by Gasteiger charge is 2.38. The van der Waals surface area contributed by atoms with Crippen LogP contribution in [0.2, 0.25) is 0 Å². The number of benzene rings is 2. The summed E-state index contributed by atoms with van der Waals surface area (Å²) in [6.07, 6.45) is 5.79. The van der Waals surface area contributed by atoms with Gasteiger partial charge in [-0.1, -0.05) is 63.4 Å². The van der Waals surface area contributed by atoms with E-state index in [0.717, 1.165) is 49.7 Å². The van der Waals surface area contributed by atoms with Gasteiger partial charge in [-0.05, 0) is 91.4 Å². The van der Waals surface area contributed by atoms with Crippen molar-refractivity contribution < 1.29 is 22.3 Å². The smallest absolute Gasteiger partial charge is 0.316 e. The van der Waals surface area contributed by atoms with E-state index in [0.29, 0.717) is 11.8 Å². The number of halogens is 4. The van der Waals surface area contributed by atoms with Crippen molar-refractivity contribution in [3.05, 3.63) is 70.3 Å². The Hall–Kier alpha value is -1.88. The fourth-order valence-corrected chi connectivity index (χ4v) is 5.91. The zero-order chi connectivity index (χ0) is 25.0. The minimum atomic E-state index is -3.89. The van der Waals surface area contributed by atoms with Crippen molar-refractivity contribution in [1.29, 1.82) is 0 Å². The molecular formula is C30H38F4O. The Morgan fingerprint density at radius 3 is 2.06 bits per heavy atom. The van der Waals surface area contributed by atoms with Crippen LogP contribution in [0.5, 0.6) is 0 Å². The van der Waals surface area contributed by atoms with Gasteiger partial charge in [0, 0.05) is 0 Å². The van der Waals surface area contributed by atoms with E-state index in [9.17, 15) is 17.6 Å². The Labute approximate surface area is 207 Å².